The Morgan fingerprint density at radius 3 is 2.71 bits per heavy atom. The highest BCUT2D eigenvalue weighted by Crippen LogP contribution is 2.53. The summed E-state index contributed by atoms with van der Waals surface area (Å²) in [6.45, 7) is 0.177. The van der Waals surface area contributed by atoms with Gasteiger partial charge in [-0.2, -0.15) is 13.5 Å². The number of carbonyl (C=O) groups excluding carboxylic acids is 2. The number of amides is 3. The van der Waals surface area contributed by atoms with Crippen molar-refractivity contribution in [3.63, 3.8) is 0 Å². The van der Waals surface area contributed by atoms with Gasteiger partial charge in [-0.05, 0) is 31.7 Å². The number of nitrogens with one attached hydrogen (secondary N) is 2. The van der Waals surface area contributed by atoms with E-state index in [0.29, 0.717) is 11.5 Å². The number of piperidine rings is 1. The van der Waals surface area contributed by atoms with Crippen LogP contribution in [0.3, 0.4) is 0 Å². The summed E-state index contributed by atoms with van der Waals surface area (Å²) in [5.74, 6) is -0.522. The number of hydrogen-bond acceptors (Lipinski definition) is 7. The van der Waals surface area contributed by atoms with Gasteiger partial charge in [0.05, 0.1) is 6.04 Å². The molecule has 4 fully saturated rings. The number of fused-ring (bicyclic) bond motifs is 4. The third kappa shape index (κ3) is 2.63. The lowest BCUT2D eigenvalue weighted by atomic mass is 10.0. The van der Waals surface area contributed by atoms with E-state index in [1.165, 1.54) is 4.90 Å². The zero-order chi connectivity index (χ0) is 17.2. The van der Waals surface area contributed by atoms with E-state index in [4.69, 9.17) is 9.39 Å². The average Bonchev–Trinajstić information content (AvgIpc) is 3.40. The fourth-order valence-corrected chi connectivity index (χ4v) is 4.14. The molecule has 3 amide bonds. The van der Waals surface area contributed by atoms with Crippen molar-refractivity contribution in [2.45, 2.75) is 37.1 Å². The van der Waals surface area contributed by atoms with Crippen molar-refractivity contribution in [1.29, 1.82) is 0 Å². The van der Waals surface area contributed by atoms with Crippen molar-refractivity contribution < 1.29 is 31.7 Å². The van der Waals surface area contributed by atoms with Gasteiger partial charge < -0.3 is 10.2 Å². The molecule has 6 atom stereocenters. The first-order valence-corrected chi connectivity index (χ1v) is 9.06. The summed E-state index contributed by atoms with van der Waals surface area (Å²) in [6, 6.07) is -1.74. The molecule has 0 spiro atoms. The Kier molecular flexibility index (Phi) is 3.51. The van der Waals surface area contributed by atoms with Crippen LogP contribution >= 0.6 is 0 Å². The van der Waals surface area contributed by atoms with Gasteiger partial charge in [-0.25, -0.2) is 10.3 Å². The highest BCUT2D eigenvalue weighted by atomic mass is 32.3. The number of likely N-dealkylation sites (N-methyl/N-ethyl adjacent to an activating group) is 1. The summed E-state index contributed by atoms with van der Waals surface area (Å²) < 4.78 is 35.0. The molecule has 134 valence electrons. The summed E-state index contributed by atoms with van der Waals surface area (Å²) in [5, 5.41) is 3.68. The second-order valence-corrected chi connectivity index (χ2v) is 7.60. The molecule has 2 aliphatic heterocycles. The molecule has 4 aliphatic rings. The second kappa shape index (κ2) is 5.26. The van der Waals surface area contributed by atoms with Crippen LogP contribution in [0.2, 0.25) is 0 Å². The number of rotatable bonds is 6. The summed E-state index contributed by atoms with van der Waals surface area (Å²) in [7, 11) is -2.99. The molecule has 2 heterocycles. The van der Waals surface area contributed by atoms with E-state index in [1.807, 2.05) is 0 Å². The molecule has 4 unspecified atom stereocenters. The molecule has 2 saturated heterocycles. The minimum Gasteiger partial charge on any atom is -0.314 e. The number of nitrogens with zero attached hydrogens (tertiary/aromatic N) is 2. The maximum absolute atomic E-state index is 12.4. The standard InChI is InChI=1S/C12H18N4O7S/c1-13-7-3-9(7)22-14-11(17)10-6-2-5(6)8-4-15(10)12(18)16(8)23-24(19,20)21/h5-10,13H,2-4H2,1H3,(H,14,17)(H,19,20,21)/t5?,6?,7?,8-,9?,10-/m0/s1. The monoisotopic (exact) mass is 362 g/mol. The number of urea groups is 1. The van der Waals surface area contributed by atoms with Crippen LogP contribution in [-0.4, -0.2) is 72.7 Å². The predicted octanol–water partition coefficient (Wildman–Crippen LogP) is -1.75. The molecule has 0 aromatic rings. The van der Waals surface area contributed by atoms with Crippen LogP contribution in [0.4, 0.5) is 4.79 Å². The summed E-state index contributed by atoms with van der Waals surface area (Å²) in [4.78, 5) is 31.3. The minimum absolute atomic E-state index is 0.0313. The zero-order valence-corrected chi connectivity index (χ0v) is 13.6. The van der Waals surface area contributed by atoms with Gasteiger partial charge in [0.2, 0.25) is 0 Å². The van der Waals surface area contributed by atoms with Crippen molar-refractivity contribution in [1.82, 2.24) is 20.8 Å². The molecular weight excluding hydrogens is 344 g/mol. The highest BCUT2D eigenvalue weighted by Gasteiger charge is 2.65. The van der Waals surface area contributed by atoms with Gasteiger partial charge in [0, 0.05) is 12.6 Å². The Morgan fingerprint density at radius 1 is 1.33 bits per heavy atom. The van der Waals surface area contributed by atoms with Gasteiger partial charge in [0.25, 0.3) is 5.91 Å². The first kappa shape index (κ1) is 16.0. The van der Waals surface area contributed by atoms with Gasteiger partial charge >= 0.3 is 16.4 Å². The van der Waals surface area contributed by atoms with Crippen molar-refractivity contribution >= 4 is 22.3 Å². The largest absolute Gasteiger partial charge is 0.418 e. The van der Waals surface area contributed by atoms with Crippen molar-refractivity contribution in [3.05, 3.63) is 0 Å². The molecule has 0 aromatic heterocycles. The van der Waals surface area contributed by atoms with E-state index < -0.39 is 34.4 Å². The van der Waals surface area contributed by atoms with Crippen LogP contribution in [0.1, 0.15) is 12.8 Å². The van der Waals surface area contributed by atoms with E-state index in [-0.39, 0.29) is 30.5 Å². The third-order valence-corrected chi connectivity index (χ3v) is 5.45. The first-order valence-electron chi connectivity index (χ1n) is 7.69. The van der Waals surface area contributed by atoms with Crippen LogP contribution in [-0.2, 0) is 24.3 Å². The Hall–Kier alpha value is -1.47. The molecular formula is C12H18N4O7S. The minimum atomic E-state index is -4.80. The van der Waals surface area contributed by atoms with E-state index >= 15 is 0 Å². The second-order valence-electron chi connectivity index (χ2n) is 6.59. The van der Waals surface area contributed by atoms with E-state index in [2.05, 4.69) is 15.1 Å². The maximum atomic E-state index is 12.4. The van der Waals surface area contributed by atoms with E-state index in [1.54, 1.807) is 7.05 Å². The molecule has 2 bridgehead atoms. The predicted molar refractivity (Wildman–Crippen MR) is 76.2 cm³/mol. The molecule has 3 N–H and O–H groups in total. The van der Waals surface area contributed by atoms with Crippen LogP contribution in [0.5, 0.6) is 0 Å². The Balaban J connectivity index is 1.43. The molecule has 12 heteroatoms. The molecule has 24 heavy (non-hydrogen) atoms. The Bertz CT molecular complexity index is 685. The molecule has 2 aliphatic carbocycles. The van der Waals surface area contributed by atoms with Crippen LogP contribution in [0.15, 0.2) is 0 Å². The summed E-state index contributed by atoms with van der Waals surface area (Å²) >= 11 is 0. The quantitative estimate of drug-likeness (QED) is 0.374. The molecule has 0 radical (unpaired) electrons. The zero-order valence-electron chi connectivity index (χ0n) is 12.8. The fraction of sp³-hybridized carbons (Fsp3) is 0.833. The lowest BCUT2D eigenvalue weighted by molar-refractivity contribution is -0.140. The lowest BCUT2D eigenvalue weighted by Crippen LogP contribution is -2.51. The van der Waals surface area contributed by atoms with Gasteiger partial charge in [0.1, 0.15) is 12.1 Å². The lowest BCUT2D eigenvalue weighted by Gasteiger charge is -2.28. The van der Waals surface area contributed by atoms with Crippen LogP contribution in [0, 0.1) is 11.8 Å². The van der Waals surface area contributed by atoms with Crippen molar-refractivity contribution in [2.24, 2.45) is 11.8 Å². The number of hydrogen-bond donors (Lipinski definition) is 3. The topological polar surface area (TPSA) is 138 Å². The Labute approximate surface area is 138 Å². The fourth-order valence-electron chi connectivity index (χ4n) is 3.76. The smallest absolute Gasteiger partial charge is 0.314 e. The van der Waals surface area contributed by atoms with Gasteiger partial charge in [-0.3, -0.25) is 14.2 Å². The number of hydroxylamine groups is 3. The van der Waals surface area contributed by atoms with Crippen molar-refractivity contribution in [2.75, 3.05) is 13.6 Å². The normalized spacial score (nSPS) is 39.7. The van der Waals surface area contributed by atoms with Gasteiger partial charge in [0.15, 0.2) is 0 Å². The Morgan fingerprint density at radius 2 is 2.08 bits per heavy atom. The van der Waals surface area contributed by atoms with Gasteiger partial charge in [-0.15, -0.1) is 4.28 Å². The SMILES string of the molecule is CNC1CC1ONC(=O)[C@@H]1C2CC2[C@@H]2CN1C(=O)N2OS(=O)(=O)O. The summed E-state index contributed by atoms with van der Waals surface area (Å²) in [5.41, 5.74) is 2.40. The van der Waals surface area contributed by atoms with Crippen molar-refractivity contribution in [3.8, 4) is 0 Å². The molecule has 0 aromatic carbocycles. The molecule has 2 saturated carbocycles. The van der Waals surface area contributed by atoms with Crippen LogP contribution in [0.25, 0.3) is 0 Å². The van der Waals surface area contributed by atoms with E-state index in [0.717, 1.165) is 6.42 Å². The highest BCUT2D eigenvalue weighted by molar-refractivity contribution is 7.80. The van der Waals surface area contributed by atoms with Crippen LogP contribution < -0.4 is 10.8 Å². The maximum Gasteiger partial charge on any atom is 0.418 e. The number of carbonyl (C=O) groups is 2. The molecule has 4 rings (SSSR count). The third-order valence-electron chi connectivity index (χ3n) is 5.10. The van der Waals surface area contributed by atoms with Gasteiger partial charge in [-0.1, -0.05) is 0 Å². The average molecular weight is 362 g/mol. The van der Waals surface area contributed by atoms with E-state index in [9.17, 15) is 18.0 Å². The summed E-state index contributed by atoms with van der Waals surface area (Å²) in [6.07, 6.45) is 1.40. The molecule has 11 nitrogen and oxygen atoms in total. The first-order chi connectivity index (χ1) is 11.3.